The molecule has 3 aromatic rings. The quantitative estimate of drug-likeness (QED) is 0.630. The Bertz CT molecular complexity index is 1190. The van der Waals surface area contributed by atoms with Crippen molar-refractivity contribution in [3.63, 3.8) is 0 Å². The van der Waals surface area contributed by atoms with Gasteiger partial charge in [-0.1, -0.05) is 0 Å². The Kier molecular flexibility index (Phi) is 5.67. The molecular formula is C18H17N5O4S2. The molecule has 0 unspecified atom stereocenters. The first-order valence-corrected chi connectivity index (χ1v) is 11.1. The Labute approximate surface area is 171 Å². The van der Waals surface area contributed by atoms with Crippen LogP contribution in [0.4, 0.5) is 11.7 Å². The third-order valence-electron chi connectivity index (χ3n) is 3.80. The van der Waals surface area contributed by atoms with Crippen molar-refractivity contribution in [3.8, 4) is 6.07 Å². The van der Waals surface area contributed by atoms with Gasteiger partial charge in [0.15, 0.2) is 5.69 Å². The number of sulfonamides is 1. The van der Waals surface area contributed by atoms with Crippen molar-refractivity contribution in [2.75, 3.05) is 11.2 Å². The topological polar surface area (TPSA) is 129 Å². The largest absolute Gasteiger partial charge is 0.428 e. The van der Waals surface area contributed by atoms with Crippen molar-refractivity contribution in [1.29, 1.82) is 5.26 Å². The van der Waals surface area contributed by atoms with Gasteiger partial charge in [0, 0.05) is 11.1 Å². The fourth-order valence-corrected chi connectivity index (χ4v) is 3.59. The zero-order chi connectivity index (χ0) is 21.2. The summed E-state index contributed by atoms with van der Waals surface area (Å²) in [7, 11) is -3.74. The van der Waals surface area contributed by atoms with Crippen LogP contribution in [0.1, 0.15) is 32.5 Å². The van der Waals surface area contributed by atoms with E-state index in [-0.39, 0.29) is 17.5 Å². The minimum Gasteiger partial charge on any atom is -0.428 e. The van der Waals surface area contributed by atoms with E-state index in [1.807, 2.05) is 17.0 Å². The van der Waals surface area contributed by atoms with Crippen LogP contribution in [0.25, 0.3) is 0 Å². The van der Waals surface area contributed by atoms with E-state index < -0.39 is 15.9 Å². The van der Waals surface area contributed by atoms with Crippen LogP contribution in [-0.2, 0) is 16.6 Å². The molecule has 2 aromatic heterocycles. The third kappa shape index (κ3) is 4.98. The van der Waals surface area contributed by atoms with Gasteiger partial charge in [0.05, 0.1) is 35.1 Å². The Hall–Kier alpha value is -3.23. The summed E-state index contributed by atoms with van der Waals surface area (Å²) in [4.78, 5) is 22.6. The summed E-state index contributed by atoms with van der Waals surface area (Å²) in [5, 5.41) is 11.8. The first-order valence-electron chi connectivity index (χ1n) is 8.34. The highest BCUT2D eigenvalue weighted by atomic mass is 32.2. The SMILES string of the molecule is Cc1nc(CN(c2ccc(C#N)cc2)c2nc(C(=O)NS(C)(=O)=O)c(C)o2)cs1. The second-order valence-electron chi connectivity index (χ2n) is 6.21. The van der Waals surface area contributed by atoms with Crippen LogP contribution in [0.15, 0.2) is 34.1 Å². The summed E-state index contributed by atoms with van der Waals surface area (Å²) in [6.45, 7) is 3.73. The number of nitrogens with one attached hydrogen (secondary N) is 1. The molecule has 0 saturated heterocycles. The highest BCUT2D eigenvalue weighted by Crippen LogP contribution is 2.29. The number of oxazole rings is 1. The number of carbonyl (C=O) groups is 1. The number of rotatable bonds is 6. The van der Waals surface area contributed by atoms with Gasteiger partial charge in [-0.05, 0) is 38.1 Å². The minimum absolute atomic E-state index is 0.108. The van der Waals surface area contributed by atoms with E-state index in [1.54, 1.807) is 29.2 Å². The lowest BCUT2D eigenvalue weighted by molar-refractivity contribution is 0.0976. The second kappa shape index (κ2) is 8.02. The van der Waals surface area contributed by atoms with E-state index in [9.17, 15) is 13.2 Å². The highest BCUT2D eigenvalue weighted by molar-refractivity contribution is 7.89. The highest BCUT2D eigenvalue weighted by Gasteiger charge is 2.24. The maximum atomic E-state index is 12.2. The number of nitriles is 1. The number of benzene rings is 1. The van der Waals surface area contributed by atoms with E-state index in [0.717, 1.165) is 17.0 Å². The molecule has 0 atom stereocenters. The van der Waals surface area contributed by atoms with Crippen LogP contribution in [0, 0.1) is 25.2 Å². The lowest BCUT2D eigenvalue weighted by Gasteiger charge is -2.19. The second-order valence-corrected chi connectivity index (χ2v) is 9.02. The van der Waals surface area contributed by atoms with Crippen molar-refractivity contribution in [1.82, 2.24) is 14.7 Å². The monoisotopic (exact) mass is 431 g/mol. The summed E-state index contributed by atoms with van der Waals surface area (Å²) in [6.07, 6.45) is 0.884. The Balaban J connectivity index is 2.00. The molecule has 1 aromatic carbocycles. The van der Waals surface area contributed by atoms with Crippen LogP contribution in [0.3, 0.4) is 0 Å². The van der Waals surface area contributed by atoms with Crippen molar-refractivity contribution in [3.05, 3.63) is 57.4 Å². The fraction of sp³-hybridized carbons (Fsp3) is 0.222. The maximum Gasteiger partial charge on any atom is 0.303 e. The number of aryl methyl sites for hydroxylation is 2. The number of carbonyl (C=O) groups excluding carboxylic acids is 1. The first-order chi connectivity index (χ1) is 13.7. The molecule has 150 valence electrons. The molecule has 0 aliphatic heterocycles. The van der Waals surface area contributed by atoms with Crippen LogP contribution >= 0.6 is 11.3 Å². The van der Waals surface area contributed by atoms with Gasteiger partial charge in [-0.3, -0.25) is 9.69 Å². The molecule has 1 N–H and O–H groups in total. The van der Waals surface area contributed by atoms with Crippen molar-refractivity contribution in [2.24, 2.45) is 0 Å². The number of nitrogens with zero attached hydrogens (tertiary/aromatic N) is 4. The van der Waals surface area contributed by atoms with Gasteiger partial charge >= 0.3 is 6.01 Å². The number of thiazole rings is 1. The van der Waals surface area contributed by atoms with Crippen molar-refractivity contribution in [2.45, 2.75) is 20.4 Å². The molecule has 0 radical (unpaired) electrons. The molecule has 0 aliphatic carbocycles. The third-order valence-corrected chi connectivity index (χ3v) is 5.18. The number of anilines is 2. The standard InChI is InChI=1S/C18H17N5O4S2/c1-11-16(17(24)22-29(3,25)26)21-18(27-11)23(9-14-10-28-12(2)20-14)15-6-4-13(8-19)5-7-15/h4-7,10H,9H2,1-3H3,(H,22,24). The summed E-state index contributed by atoms with van der Waals surface area (Å²) in [5.41, 5.74) is 1.81. The van der Waals surface area contributed by atoms with Crippen LogP contribution in [-0.4, -0.2) is 30.5 Å². The van der Waals surface area contributed by atoms with E-state index in [1.165, 1.54) is 18.3 Å². The molecule has 0 bridgehead atoms. The molecule has 0 saturated carbocycles. The first kappa shape index (κ1) is 20.5. The molecule has 2 heterocycles. The van der Waals surface area contributed by atoms with Crippen LogP contribution in [0.2, 0.25) is 0 Å². The summed E-state index contributed by atoms with van der Waals surface area (Å²) in [5.74, 6) is -0.696. The van der Waals surface area contributed by atoms with Crippen LogP contribution < -0.4 is 9.62 Å². The zero-order valence-corrected chi connectivity index (χ0v) is 17.5. The molecule has 0 spiro atoms. The molecule has 3 rings (SSSR count). The smallest absolute Gasteiger partial charge is 0.303 e. The van der Waals surface area contributed by atoms with Gasteiger partial charge in [0.25, 0.3) is 5.91 Å². The van der Waals surface area contributed by atoms with Gasteiger partial charge < -0.3 is 4.42 Å². The average molecular weight is 431 g/mol. The van der Waals surface area contributed by atoms with E-state index >= 15 is 0 Å². The predicted molar refractivity (Wildman–Crippen MR) is 107 cm³/mol. The number of hydrogen-bond acceptors (Lipinski definition) is 9. The minimum atomic E-state index is -3.74. The molecule has 9 nitrogen and oxygen atoms in total. The number of amides is 1. The average Bonchev–Trinajstić information content (AvgIpc) is 3.24. The lowest BCUT2D eigenvalue weighted by Crippen LogP contribution is -2.30. The molecular weight excluding hydrogens is 414 g/mol. The summed E-state index contributed by atoms with van der Waals surface area (Å²) >= 11 is 1.50. The molecule has 0 fully saturated rings. The number of aromatic nitrogens is 2. The van der Waals surface area contributed by atoms with E-state index in [2.05, 4.69) is 16.0 Å². The molecule has 1 amide bonds. The number of hydrogen-bond donors (Lipinski definition) is 1. The van der Waals surface area contributed by atoms with Crippen molar-refractivity contribution >= 4 is 39.0 Å². The van der Waals surface area contributed by atoms with E-state index in [4.69, 9.17) is 9.68 Å². The van der Waals surface area contributed by atoms with E-state index in [0.29, 0.717) is 17.8 Å². The molecule has 11 heteroatoms. The van der Waals surface area contributed by atoms with Crippen molar-refractivity contribution < 1.29 is 17.6 Å². The maximum absolute atomic E-state index is 12.2. The Morgan fingerprint density at radius 1 is 1.28 bits per heavy atom. The van der Waals surface area contributed by atoms with Gasteiger partial charge in [0.1, 0.15) is 5.76 Å². The predicted octanol–water partition coefficient (Wildman–Crippen LogP) is 2.65. The normalized spacial score (nSPS) is 11.1. The van der Waals surface area contributed by atoms with Gasteiger partial charge in [-0.15, -0.1) is 11.3 Å². The van der Waals surface area contributed by atoms with Gasteiger partial charge in [-0.2, -0.15) is 10.2 Å². The summed E-state index contributed by atoms with van der Waals surface area (Å²) in [6, 6.07) is 8.93. The van der Waals surface area contributed by atoms with Crippen LogP contribution in [0.5, 0.6) is 0 Å². The van der Waals surface area contributed by atoms with Gasteiger partial charge in [-0.25, -0.2) is 18.1 Å². The fourth-order valence-electron chi connectivity index (χ4n) is 2.55. The molecule has 29 heavy (non-hydrogen) atoms. The summed E-state index contributed by atoms with van der Waals surface area (Å²) < 4.78 is 30.3. The lowest BCUT2D eigenvalue weighted by atomic mass is 10.2. The molecule has 0 aliphatic rings. The Morgan fingerprint density at radius 3 is 2.52 bits per heavy atom. The Morgan fingerprint density at radius 2 is 1.97 bits per heavy atom. The zero-order valence-electron chi connectivity index (χ0n) is 15.8. The van der Waals surface area contributed by atoms with Gasteiger partial charge in [0.2, 0.25) is 10.0 Å².